The lowest BCUT2D eigenvalue weighted by atomic mass is 10.1. The van der Waals surface area contributed by atoms with Gasteiger partial charge in [-0.25, -0.2) is 4.98 Å². The minimum absolute atomic E-state index is 0.0714. The van der Waals surface area contributed by atoms with Crippen LogP contribution in [-0.4, -0.2) is 17.0 Å². The van der Waals surface area contributed by atoms with Crippen LogP contribution >= 0.6 is 0 Å². The van der Waals surface area contributed by atoms with Gasteiger partial charge in [0.05, 0.1) is 23.3 Å². The largest absolute Gasteiger partial charge is 0.494 e. The number of hydrogen-bond donors (Lipinski definition) is 0. The molecule has 0 bridgehead atoms. The molecule has 0 saturated carbocycles. The van der Waals surface area contributed by atoms with E-state index in [9.17, 15) is 10.1 Å². The Labute approximate surface area is 133 Å². The summed E-state index contributed by atoms with van der Waals surface area (Å²) < 4.78 is 5.32. The molecule has 3 aromatic rings. The zero-order valence-corrected chi connectivity index (χ0v) is 12.5. The van der Waals surface area contributed by atoms with Crippen LogP contribution in [0.2, 0.25) is 0 Å². The van der Waals surface area contributed by atoms with Gasteiger partial charge < -0.3 is 4.74 Å². The summed E-state index contributed by atoms with van der Waals surface area (Å²) in [7, 11) is 1.60. The first-order chi connectivity index (χ1) is 11.2. The molecule has 0 fully saturated rings. The molecule has 0 saturated heterocycles. The predicted molar refractivity (Wildman–Crippen MR) is 90.3 cm³/mol. The van der Waals surface area contributed by atoms with Gasteiger partial charge in [0.15, 0.2) is 0 Å². The van der Waals surface area contributed by atoms with E-state index in [0.29, 0.717) is 17.0 Å². The highest BCUT2D eigenvalue weighted by Gasteiger charge is 2.09. The van der Waals surface area contributed by atoms with Crippen molar-refractivity contribution >= 4 is 28.7 Å². The van der Waals surface area contributed by atoms with Crippen molar-refractivity contribution in [2.75, 3.05) is 7.11 Å². The van der Waals surface area contributed by atoms with E-state index in [4.69, 9.17) is 4.74 Å². The topological polar surface area (TPSA) is 65.3 Å². The molecule has 3 rings (SSSR count). The lowest BCUT2D eigenvalue weighted by molar-refractivity contribution is -0.385. The summed E-state index contributed by atoms with van der Waals surface area (Å²) >= 11 is 0. The van der Waals surface area contributed by atoms with Crippen molar-refractivity contribution in [2.24, 2.45) is 0 Å². The lowest BCUT2D eigenvalue weighted by Gasteiger charge is -2.05. The lowest BCUT2D eigenvalue weighted by Crippen LogP contribution is -1.91. The highest BCUT2D eigenvalue weighted by Crippen LogP contribution is 2.25. The number of nitro benzene ring substituents is 1. The Morgan fingerprint density at radius 3 is 2.65 bits per heavy atom. The smallest absolute Gasteiger partial charge is 0.276 e. The van der Waals surface area contributed by atoms with Crippen LogP contribution < -0.4 is 4.74 Å². The summed E-state index contributed by atoms with van der Waals surface area (Å²) in [5, 5.41) is 12.0. The molecule has 0 atom stereocenters. The van der Waals surface area contributed by atoms with Crippen LogP contribution in [0.15, 0.2) is 54.6 Å². The summed E-state index contributed by atoms with van der Waals surface area (Å²) in [5.74, 6) is 0.698. The Morgan fingerprint density at radius 2 is 1.87 bits per heavy atom. The maximum atomic E-state index is 11.0. The maximum Gasteiger partial charge on any atom is 0.276 e. The molecule has 5 heteroatoms. The van der Waals surface area contributed by atoms with Crippen LogP contribution in [0.25, 0.3) is 23.1 Å². The number of hydrogen-bond acceptors (Lipinski definition) is 4. The number of para-hydroxylation sites is 2. The van der Waals surface area contributed by atoms with Gasteiger partial charge in [-0.15, -0.1) is 0 Å². The fourth-order valence-electron chi connectivity index (χ4n) is 2.36. The summed E-state index contributed by atoms with van der Waals surface area (Å²) in [4.78, 5) is 15.2. The minimum atomic E-state index is -0.392. The first-order valence-electron chi connectivity index (χ1n) is 7.04. The average molecular weight is 306 g/mol. The van der Waals surface area contributed by atoms with E-state index in [0.717, 1.165) is 10.9 Å². The zero-order valence-electron chi connectivity index (χ0n) is 12.5. The molecule has 1 heterocycles. The average Bonchev–Trinajstić information content (AvgIpc) is 2.59. The van der Waals surface area contributed by atoms with Gasteiger partial charge in [0.25, 0.3) is 5.69 Å². The number of rotatable bonds is 4. The van der Waals surface area contributed by atoms with Crippen LogP contribution in [0.1, 0.15) is 11.3 Å². The molecule has 114 valence electrons. The number of nitro groups is 1. The third kappa shape index (κ3) is 3.03. The summed E-state index contributed by atoms with van der Waals surface area (Å²) in [6, 6.07) is 16.1. The van der Waals surface area contributed by atoms with Gasteiger partial charge in [0, 0.05) is 11.5 Å². The van der Waals surface area contributed by atoms with E-state index in [1.807, 2.05) is 30.3 Å². The van der Waals surface area contributed by atoms with E-state index in [1.165, 1.54) is 6.07 Å². The minimum Gasteiger partial charge on any atom is -0.494 e. The van der Waals surface area contributed by atoms with Crippen molar-refractivity contribution in [1.82, 2.24) is 4.98 Å². The molecule has 0 unspecified atom stereocenters. The van der Waals surface area contributed by atoms with E-state index >= 15 is 0 Å². The third-order valence-electron chi connectivity index (χ3n) is 3.49. The highest BCUT2D eigenvalue weighted by atomic mass is 16.6. The van der Waals surface area contributed by atoms with E-state index in [2.05, 4.69) is 4.98 Å². The van der Waals surface area contributed by atoms with E-state index < -0.39 is 4.92 Å². The number of nitrogens with zero attached hydrogens (tertiary/aromatic N) is 2. The standard InChI is InChI=1S/C18H14N2O3/c1-23-17-8-4-6-14-10-12-15(19-18(14)17)11-9-13-5-2-3-7-16(13)20(21)22/h2-12H,1H3/b11-9+. The fourth-order valence-corrected chi connectivity index (χ4v) is 2.36. The Balaban J connectivity index is 2.00. The van der Waals surface area contributed by atoms with Gasteiger partial charge in [-0.1, -0.05) is 30.3 Å². The van der Waals surface area contributed by atoms with Crippen molar-refractivity contribution < 1.29 is 9.66 Å². The van der Waals surface area contributed by atoms with Gasteiger partial charge >= 0.3 is 0 Å². The van der Waals surface area contributed by atoms with Crippen LogP contribution in [-0.2, 0) is 0 Å². The maximum absolute atomic E-state index is 11.0. The SMILES string of the molecule is COc1cccc2ccc(/C=C/c3ccccc3[N+](=O)[O-])nc12. The Bertz CT molecular complexity index is 904. The van der Waals surface area contributed by atoms with Gasteiger partial charge in [-0.2, -0.15) is 0 Å². The summed E-state index contributed by atoms with van der Waals surface area (Å²) in [6.07, 6.45) is 3.45. The second-order valence-electron chi connectivity index (χ2n) is 4.92. The second kappa shape index (κ2) is 6.27. The molecule has 5 nitrogen and oxygen atoms in total. The van der Waals surface area contributed by atoms with Crippen LogP contribution in [0.5, 0.6) is 5.75 Å². The molecular formula is C18H14N2O3. The Morgan fingerprint density at radius 1 is 1.04 bits per heavy atom. The molecule has 0 aliphatic carbocycles. The third-order valence-corrected chi connectivity index (χ3v) is 3.49. The van der Waals surface area contributed by atoms with E-state index in [1.54, 1.807) is 37.5 Å². The fraction of sp³-hybridized carbons (Fsp3) is 0.0556. The monoisotopic (exact) mass is 306 g/mol. The van der Waals surface area contributed by atoms with Crippen LogP contribution in [0, 0.1) is 10.1 Å². The number of pyridine rings is 1. The first kappa shape index (κ1) is 14.7. The number of fused-ring (bicyclic) bond motifs is 1. The molecule has 0 N–H and O–H groups in total. The molecule has 0 radical (unpaired) electrons. The zero-order chi connectivity index (χ0) is 16.2. The highest BCUT2D eigenvalue weighted by molar-refractivity contribution is 5.86. The molecular weight excluding hydrogens is 292 g/mol. The number of benzene rings is 2. The quantitative estimate of drug-likeness (QED) is 0.532. The number of aromatic nitrogens is 1. The van der Waals surface area contributed by atoms with Crippen molar-refractivity contribution in [1.29, 1.82) is 0 Å². The van der Waals surface area contributed by atoms with Gasteiger partial charge in [0.1, 0.15) is 11.3 Å². The molecule has 0 spiro atoms. The van der Waals surface area contributed by atoms with Crippen LogP contribution in [0.3, 0.4) is 0 Å². The Kier molecular flexibility index (Phi) is 4.01. The molecule has 0 aliphatic rings. The normalized spacial score (nSPS) is 11.0. The number of ether oxygens (including phenoxy) is 1. The second-order valence-corrected chi connectivity index (χ2v) is 4.92. The van der Waals surface area contributed by atoms with Crippen molar-refractivity contribution in [3.8, 4) is 5.75 Å². The van der Waals surface area contributed by atoms with Gasteiger partial charge in [-0.05, 0) is 30.4 Å². The predicted octanol–water partition coefficient (Wildman–Crippen LogP) is 4.32. The van der Waals surface area contributed by atoms with Gasteiger partial charge in [0.2, 0.25) is 0 Å². The molecule has 2 aromatic carbocycles. The van der Waals surface area contributed by atoms with Crippen molar-refractivity contribution in [3.05, 3.63) is 76.0 Å². The molecule has 23 heavy (non-hydrogen) atoms. The summed E-state index contributed by atoms with van der Waals surface area (Å²) in [6.45, 7) is 0. The number of methoxy groups -OCH3 is 1. The van der Waals surface area contributed by atoms with E-state index in [-0.39, 0.29) is 5.69 Å². The van der Waals surface area contributed by atoms with Crippen LogP contribution in [0.4, 0.5) is 5.69 Å². The van der Waals surface area contributed by atoms with Gasteiger partial charge in [-0.3, -0.25) is 10.1 Å². The van der Waals surface area contributed by atoms with Crippen molar-refractivity contribution in [3.63, 3.8) is 0 Å². The Hall–Kier alpha value is -3.21. The van der Waals surface area contributed by atoms with Crippen molar-refractivity contribution in [2.45, 2.75) is 0 Å². The molecule has 0 aliphatic heterocycles. The summed E-state index contributed by atoms with van der Waals surface area (Å²) in [5.41, 5.74) is 2.08. The first-order valence-corrected chi connectivity index (χ1v) is 7.04. The molecule has 0 amide bonds. The molecule has 1 aromatic heterocycles.